The van der Waals surface area contributed by atoms with Crippen molar-refractivity contribution in [1.82, 2.24) is 0 Å². The van der Waals surface area contributed by atoms with Crippen LogP contribution in [0, 0.1) is 0 Å². The van der Waals surface area contributed by atoms with Gasteiger partial charge in [-0.2, -0.15) is 8.42 Å². The molecule has 1 N–H and O–H groups in total. The summed E-state index contributed by atoms with van der Waals surface area (Å²) in [7, 11) is -4.20. The summed E-state index contributed by atoms with van der Waals surface area (Å²) in [5.74, 6) is 0.423. The summed E-state index contributed by atoms with van der Waals surface area (Å²) in [6.07, 6.45) is 0. The third-order valence-electron chi connectivity index (χ3n) is 5.06. The van der Waals surface area contributed by atoms with E-state index in [9.17, 15) is 13.0 Å². The van der Waals surface area contributed by atoms with Crippen LogP contribution in [-0.2, 0) is 10.1 Å². The average Bonchev–Trinajstić information content (AvgIpc) is 2.74. The first kappa shape index (κ1) is 26.2. The van der Waals surface area contributed by atoms with Crippen molar-refractivity contribution in [2.75, 3.05) is 0 Å². The Morgan fingerprint density at radius 3 is 1.31 bits per heavy atom. The molecule has 0 saturated carbocycles. The number of benzene rings is 3. The van der Waals surface area contributed by atoms with E-state index in [1.54, 1.807) is 11.8 Å². The summed E-state index contributed by atoms with van der Waals surface area (Å²) >= 11 is 1.79. The molecule has 0 atom stereocenters. The Morgan fingerprint density at radius 2 is 1.03 bits per heavy atom. The molecule has 0 unspecified atom stereocenters. The van der Waals surface area contributed by atoms with Crippen LogP contribution in [0.25, 0.3) is 0 Å². The van der Waals surface area contributed by atoms with Gasteiger partial charge in [-0.05, 0) is 58.7 Å². The molecular weight excluding hydrogens is 436 g/mol. The van der Waals surface area contributed by atoms with Crippen LogP contribution in [0.2, 0.25) is 0 Å². The molecule has 172 valence electrons. The summed E-state index contributed by atoms with van der Waals surface area (Å²) in [6.45, 7) is 11.9. The maximum Gasteiger partial charge on any atom is 0.295 e. The Bertz CT molecular complexity index is 1020. The Balaban J connectivity index is 0.000000242. The van der Waals surface area contributed by atoms with Gasteiger partial charge in [-0.1, -0.05) is 102 Å². The molecule has 3 nitrogen and oxygen atoms in total. The predicted octanol–water partition coefficient (Wildman–Crippen LogP) is 8.14. The molecule has 3 aromatic carbocycles. The number of rotatable bonds is 6. The van der Waals surface area contributed by atoms with Gasteiger partial charge in [-0.3, -0.25) is 4.55 Å². The molecule has 0 fully saturated rings. The topological polar surface area (TPSA) is 54.4 Å². The highest BCUT2D eigenvalue weighted by molar-refractivity contribution is 7.99. The van der Waals surface area contributed by atoms with Gasteiger partial charge in [0.2, 0.25) is 0 Å². The van der Waals surface area contributed by atoms with Gasteiger partial charge in [-0.25, -0.2) is 0 Å². The van der Waals surface area contributed by atoms with Crippen LogP contribution in [0.15, 0.2) is 87.5 Å². The first-order valence-corrected chi connectivity index (χ1v) is 13.2. The van der Waals surface area contributed by atoms with E-state index in [2.05, 4.69) is 62.4 Å². The molecule has 0 aliphatic carbocycles. The molecule has 0 aromatic heterocycles. The zero-order valence-corrected chi connectivity index (χ0v) is 21.4. The van der Waals surface area contributed by atoms with E-state index < -0.39 is 10.1 Å². The largest absolute Gasteiger partial charge is 0.295 e. The van der Waals surface area contributed by atoms with Gasteiger partial charge in [0.15, 0.2) is 0 Å². The molecule has 0 radical (unpaired) electrons. The first-order valence-electron chi connectivity index (χ1n) is 10.9. The van der Waals surface area contributed by atoms with Crippen LogP contribution in [0.4, 0.5) is 0 Å². The van der Waals surface area contributed by atoms with E-state index in [4.69, 9.17) is 0 Å². The average molecular weight is 471 g/mol. The lowest BCUT2D eigenvalue weighted by atomic mass is 9.89. The molecule has 3 rings (SSSR count). The van der Waals surface area contributed by atoms with Crippen molar-refractivity contribution in [1.29, 1.82) is 0 Å². The van der Waals surface area contributed by atoms with Crippen molar-refractivity contribution in [3.8, 4) is 0 Å². The molecule has 0 bridgehead atoms. The van der Waals surface area contributed by atoms with Crippen LogP contribution in [0.3, 0.4) is 0 Å². The summed E-state index contributed by atoms with van der Waals surface area (Å²) in [5.41, 5.74) is 2.52. The third-order valence-corrected chi connectivity index (χ3v) is 7.06. The fourth-order valence-corrected chi connectivity index (χ4v) is 5.34. The van der Waals surface area contributed by atoms with Gasteiger partial charge in [-0.15, -0.1) is 0 Å². The first-order chi connectivity index (χ1) is 15.0. The van der Waals surface area contributed by atoms with Crippen LogP contribution in [0.5, 0.6) is 0 Å². The van der Waals surface area contributed by atoms with Crippen molar-refractivity contribution >= 4 is 21.9 Å². The van der Waals surface area contributed by atoms with Crippen LogP contribution < -0.4 is 0 Å². The lowest BCUT2D eigenvalue weighted by molar-refractivity contribution is 0.479. The van der Waals surface area contributed by atoms with E-state index in [1.807, 2.05) is 52.0 Å². The van der Waals surface area contributed by atoms with Crippen molar-refractivity contribution in [2.45, 2.75) is 74.0 Å². The standard InChI is InChI=1S/C15H24O3S.C12H10S/c1-9(2)12-7-13(10(3)4)15(19(16,17)18)14(8-12)11(5)6;1-3-7-11(8-4-1)13-12-9-5-2-6-10-12/h7-11H,1-6H3,(H,16,17,18);1-10H. The van der Waals surface area contributed by atoms with E-state index in [0.717, 1.165) is 5.56 Å². The molecule has 0 aliphatic heterocycles. The minimum atomic E-state index is -4.20. The van der Waals surface area contributed by atoms with Crippen molar-refractivity contribution in [2.24, 2.45) is 0 Å². The summed E-state index contributed by atoms with van der Waals surface area (Å²) in [6, 6.07) is 24.6. The monoisotopic (exact) mass is 470 g/mol. The second-order valence-electron chi connectivity index (χ2n) is 8.70. The zero-order chi connectivity index (χ0) is 23.9. The third kappa shape index (κ3) is 7.51. The summed E-state index contributed by atoms with van der Waals surface area (Å²) in [4.78, 5) is 2.67. The van der Waals surface area contributed by atoms with E-state index in [1.165, 1.54) is 9.79 Å². The maximum absolute atomic E-state index is 11.7. The van der Waals surface area contributed by atoms with Crippen LogP contribution in [-0.4, -0.2) is 13.0 Å². The minimum absolute atomic E-state index is 0.0492. The summed E-state index contributed by atoms with van der Waals surface area (Å²) < 4.78 is 33.0. The van der Waals surface area contributed by atoms with Crippen molar-refractivity contribution < 1.29 is 13.0 Å². The number of hydrogen-bond donors (Lipinski definition) is 1. The van der Waals surface area contributed by atoms with Crippen molar-refractivity contribution in [3.05, 3.63) is 89.5 Å². The highest BCUT2D eigenvalue weighted by Gasteiger charge is 2.25. The minimum Gasteiger partial charge on any atom is -0.282 e. The molecule has 0 aliphatic rings. The fraction of sp³-hybridized carbons (Fsp3) is 0.333. The van der Waals surface area contributed by atoms with Gasteiger partial charge in [0, 0.05) is 9.79 Å². The summed E-state index contributed by atoms with van der Waals surface area (Å²) in [5, 5.41) is 0. The SMILES string of the molecule is CC(C)c1cc(C(C)C)c(S(=O)(=O)O)c(C(C)C)c1.c1ccc(Sc2ccccc2)cc1. The quantitative estimate of drug-likeness (QED) is 0.369. The fourth-order valence-electron chi connectivity index (χ4n) is 3.30. The van der Waals surface area contributed by atoms with Crippen LogP contribution >= 0.6 is 11.8 Å². The Labute approximate surface area is 198 Å². The Hall–Kier alpha value is -2.08. The lowest BCUT2D eigenvalue weighted by Gasteiger charge is -2.20. The highest BCUT2D eigenvalue weighted by Crippen LogP contribution is 2.34. The molecule has 0 heterocycles. The highest BCUT2D eigenvalue weighted by atomic mass is 32.2. The maximum atomic E-state index is 11.7. The van der Waals surface area contributed by atoms with Gasteiger partial charge in [0.05, 0.1) is 0 Å². The zero-order valence-electron chi connectivity index (χ0n) is 19.7. The normalized spacial score (nSPS) is 11.6. The lowest BCUT2D eigenvalue weighted by Crippen LogP contribution is -2.11. The molecule has 0 amide bonds. The predicted molar refractivity (Wildman–Crippen MR) is 136 cm³/mol. The molecule has 0 spiro atoms. The molecule has 0 saturated heterocycles. The van der Waals surface area contributed by atoms with E-state index >= 15 is 0 Å². The van der Waals surface area contributed by atoms with Gasteiger partial charge in [0.1, 0.15) is 4.90 Å². The van der Waals surface area contributed by atoms with E-state index in [0.29, 0.717) is 17.0 Å². The molecular formula is C27H34O3S2. The van der Waals surface area contributed by atoms with Crippen molar-refractivity contribution in [3.63, 3.8) is 0 Å². The second kappa shape index (κ2) is 11.7. The second-order valence-corrected chi connectivity index (χ2v) is 11.2. The molecule has 32 heavy (non-hydrogen) atoms. The smallest absolute Gasteiger partial charge is 0.282 e. The van der Waals surface area contributed by atoms with Gasteiger partial charge in [0.25, 0.3) is 10.1 Å². The Kier molecular flexibility index (Phi) is 9.56. The molecule has 3 aromatic rings. The van der Waals surface area contributed by atoms with Crippen LogP contribution in [0.1, 0.15) is 76.0 Å². The van der Waals surface area contributed by atoms with Gasteiger partial charge >= 0.3 is 0 Å². The molecule has 5 heteroatoms. The van der Waals surface area contributed by atoms with E-state index in [-0.39, 0.29) is 16.7 Å². The Morgan fingerprint density at radius 1 is 0.656 bits per heavy atom. The number of hydrogen-bond acceptors (Lipinski definition) is 3. The van der Waals surface area contributed by atoms with Gasteiger partial charge < -0.3 is 0 Å².